The highest BCUT2D eigenvalue weighted by molar-refractivity contribution is 5.88. The van der Waals surface area contributed by atoms with Gasteiger partial charge in [-0.3, -0.25) is 4.79 Å². The van der Waals surface area contributed by atoms with Crippen LogP contribution in [0, 0.1) is 6.92 Å². The van der Waals surface area contributed by atoms with E-state index in [0.29, 0.717) is 5.69 Å². The van der Waals surface area contributed by atoms with Gasteiger partial charge in [0.25, 0.3) is 0 Å². The van der Waals surface area contributed by atoms with E-state index in [4.69, 9.17) is 0 Å². The van der Waals surface area contributed by atoms with Crippen molar-refractivity contribution in [3.05, 3.63) is 59.9 Å². The van der Waals surface area contributed by atoms with E-state index in [1.807, 2.05) is 55.6 Å². The van der Waals surface area contributed by atoms with E-state index in [2.05, 4.69) is 9.97 Å². The Morgan fingerprint density at radius 1 is 1.05 bits per heavy atom. The Morgan fingerprint density at radius 3 is 2.47 bits per heavy atom. The predicted octanol–water partition coefficient (Wildman–Crippen LogP) is 3.80. The number of benzene rings is 1. The van der Waals surface area contributed by atoms with Crippen molar-refractivity contribution in [3.63, 3.8) is 0 Å². The topological polar surface area (TPSA) is 48.6 Å². The minimum absolute atomic E-state index is 0.605. The van der Waals surface area contributed by atoms with Crippen LogP contribution in [0.2, 0.25) is 0 Å². The second kappa shape index (κ2) is 4.61. The molecular formula is C16H14N2O. The summed E-state index contributed by atoms with van der Waals surface area (Å²) in [6.45, 7) is 2.05. The number of H-pyrrole nitrogens is 2. The SMILES string of the molecule is Cc1ccc(-c2cc(-c3ccc[nH]3)[nH]c2C=O)cc1. The Labute approximate surface area is 111 Å². The summed E-state index contributed by atoms with van der Waals surface area (Å²) in [7, 11) is 0. The smallest absolute Gasteiger partial charge is 0.166 e. The summed E-state index contributed by atoms with van der Waals surface area (Å²) < 4.78 is 0. The van der Waals surface area contributed by atoms with Crippen molar-refractivity contribution in [1.82, 2.24) is 9.97 Å². The minimum Gasteiger partial charge on any atom is -0.360 e. The van der Waals surface area contributed by atoms with Crippen molar-refractivity contribution in [1.29, 1.82) is 0 Å². The Balaban J connectivity index is 2.10. The molecule has 0 spiro atoms. The van der Waals surface area contributed by atoms with Crippen molar-refractivity contribution in [2.75, 3.05) is 0 Å². The van der Waals surface area contributed by atoms with E-state index in [9.17, 15) is 4.79 Å². The molecule has 0 fully saturated rings. The average molecular weight is 250 g/mol. The van der Waals surface area contributed by atoms with Crippen LogP contribution in [0.15, 0.2) is 48.7 Å². The fourth-order valence-corrected chi connectivity index (χ4v) is 2.18. The van der Waals surface area contributed by atoms with Crippen LogP contribution in [-0.2, 0) is 0 Å². The number of aromatic nitrogens is 2. The lowest BCUT2D eigenvalue weighted by atomic mass is 10.0. The fourth-order valence-electron chi connectivity index (χ4n) is 2.18. The molecule has 94 valence electrons. The molecular weight excluding hydrogens is 236 g/mol. The molecule has 2 N–H and O–H groups in total. The van der Waals surface area contributed by atoms with E-state index in [-0.39, 0.29) is 0 Å². The normalized spacial score (nSPS) is 10.6. The maximum Gasteiger partial charge on any atom is 0.166 e. The molecule has 0 unspecified atom stereocenters. The van der Waals surface area contributed by atoms with Gasteiger partial charge in [-0.2, -0.15) is 0 Å². The van der Waals surface area contributed by atoms with Crippen LogP contribution in [0.5, 0.6) is 0 Å². The van der Waals surface area contributed by atoms with Gasteiger partial charge in [0.2, 0.25) is 0 Å². The highest BCUT2D eigenvalue weighted by Gasteiger charge is 2.11. The van der Waals surface area contributed by atoms with Gasteiger partial charge in [0, 0.05) is 11.8 Å². The first-order valence-corrected chi connectivity index (χ1v) is 6.17. The first-order chi connectivity index (χ1) is 9.28. The molecule has 3 heteroatoms. The van der Waals surface area contributed by atoms with E-state index in [1.165, 1.54) is 5.56 Å². The molecule has 0 saturated carbocycles. The summed E-state index contributed by atoms with van der Waals surface area (Å²) >= 11 is 0. The van der Waals surface area contributed by atoms with Crippen LogP contribution in [-0.4, -0.2) is 16.3 Å². The number of rotatable bonds is 3. The summed E-state index contributed by atoms with van der Waals surface area (Å²) in [5.74, 6) is 0. The molecule has 0 atom stereocenters. The van der Waals surface area contributed by atoms with Crippen LogP contribution in [0.3, 0.4) is 0 Å². The zero-order valence-corrected chi connectivity index (χ0v) is 10.6. The second-order valence-corrected chi connectivity index (χ2v) is 4.58. The molecule has 2 aromatic heterocycles. The third-order valence-electron chi connectivity index (χ3n) is 3.22. The van der Waals surface area contributed by atoms with Crippen LogP contribution in [0.1, 0.15) is 16.1 Å². The van der Waals surface area contributed by atoms with Crippen LogP contribution >= 0.6 is 0 Å². The van der Waals surface area contributed by atoms with Crippen molar-refractivity contribution in [2.45, 2.75) is 6.92 Å². The van der Waals surface area contributed by atoms with Gasteiger partial charge in [0.05, 0.1) is 17.1 Å². The molecule has 0 saturated heterocycles. The molecule has 1 aromatic carbocycles. The number of aryl methyl sites for hydroxylation is 1. The lowest BCUT2D eigenvalue weighted by Crippen LogP contribution is -1.84. The molecule has 2 heterocycles. The zero-order valence-electron chi connectivity index (χ0n) is 10.6. The first kappa shape index (κ1) is 11.5. The molecule has 0 aliphatic carbocycles. The quantitative estimate of drug-likeness (QED) is 0.682. The maximum atomic E-state index is 11.2. The maximum absolute atomic E-state index is 11.2. The highest BCUT2D eigenvalue weighted by Crippen LogP contribution is 2.28. The van der Waals surface area contributed by atoms with Gasteiger partial charge in [-0.1, -0.05) is 29.8 Å². The van der Waals surface area contributed by atoms with Crippen molar-refractivity contribution < 1.29 is 4.79 Å². The standard InChI is InChI=1S/C16H14N2O/c1-11-4-6-12(7-5-11)13-9-15(18-16(13)10-19)14-3-2-8-17-14/h2-10,17-18H,1H3. The largest absolute Gasteiger partial charge is 0.360 e. The second-order valence-electron chi connectivity index (χ2n) is 4.58. The molecule has 3 aromatic rings. The Morgan fingerprint density at radius 2 is 1.84 bits per heavy atom. The minimum atomic E-state index is 0.605. The third kappa shape index (κ3) is 2.10. The van der Waals surface area contributed by atoms with Gasteiger partial charge >= 0.3 is 0 Å². The molecule has 0 bridgehead atoms. The van der Waals surface area contributed by atoms with Gasteiger partial charge < -0.3 is 9.97 Å². The average Bonchev–Trinajstić information content (AvgIpc) is 3.08. The highest BCUT2D eigenvalue weighted by atomic mass is 16.1. The molecule has 19 heavy (non-hydrogen) atoms. The van der Waals surface area contributed by atoms with Crippen LogP contribution in [0.4, 0.5) is 0 Å². The van der Waals surface area contributed by atoms with Gasteiger partial charge in [0.15, 0.2) is 6.29 Å². The number of carbonyl (C=O) groups excluding carboxylic acids is 1. The van der Waals surface area contributed by atoms with Gasteiger partial charge in [-0.25, -0.2) is 0 Å². The summed E-state index contributed by atoms with van der Waals surface area (Å²) in [6.07, 6.45) is 2.73. The van der Waals surface area contributed by atoms with E-state index in [1.54, 1.807) is 0 Å². The molecule has 0 radical (unpaired) electrons. The summed E-state index contributed by atoms with van der Waals surface area (Å²) in [6, 6.07) is 14.1. The Bertz CT molecular complexity index is 691. The van der Waals surface area contributed by atoms with Gasteiger partial charge in [-0.05, 0) is 30.7 Å². The summed E-state index contributed by atoms with van der Waals surface area (Å²) in [5.41, 5.74) is 5.68. The van der Waals surface area contributed by atoms with Gasteiger partial charge in [-0.15, -0.1) is 0 Å². The molecule has 0 amide bonds. The van der Waals surface area contributed by atoms with Crippen LogP contribution in [0.25, 0.3) is 22.5 Å². The molecule has 0 aliphatic heterocycles. The predicted molar refractivity (Wildman–Crippen MR) is 76.1 cm³/mol. The number of carbonyl (C=O) groups is 1. The number of aromatic amines is 2. The summed E-state index contributed by atoms with van der Waals surface area (Å²) in [5, 5.41) is 0. The van der Waals surface area contributed by atoms with Gasteiger partial charge in [0.1, 0.15) is 0 Å². The number of nitrogens with one attached hydrogen (secondary N) is 2. The van der Waals surface area contributed by atoms with Crippen molar-refractivity contribution in [2.24, 2.45) is 0 Å². The number of hydrogen-bond donors (Lipinski definition) is 2. The van der Waals surface area contributed by atoms with E-state index < -0.39 is 0 Å². The Kier molecular flexibility index (Phi) is 2.80. The third-order valence-corrected chi connectivity index (χ3v) is 3.22. The fraction of sp³-hybridized carbons (Fsp3) is 0.0625. The lowest BCUT2D eigenvalue weighted by molar-refractivity contribution is 0.112. The zero-order chi connectivity index (χ0) is 13.2. The molecule has 0 aliphatic rings. The van der Waals surface area contributed by atoms with E-state index in [0.717, 1.165) is 28.8 Å². The lowest BCUT2D eigenvalue weighted by Gasteiger charge is -1.99. The Hall–Kier alpha value is -2.55. The van der Waals surface area contributed by atoms with Crippen molar-refractivity contribution >= 4 is 6.29 Å². The van der Waals surface area contributed by atoms with Crippen molar-refractivity contribution in [3.8, 4) is 22.5 Å². The number of hydrogen-bond acceptors (Lipinski definition) is 1. The number of aldehydes is 1. The molecule has 3 nitrogen and oxygen atoms in total. The molecule has 3 rings (SSSR count). The monoisotopic (exact) mass is 250 g/mol. The first-order valence-electron chi connectivity index (χ1n) is 6.17. The van der Waals surface area contributed by atoms with Crippen LogP contribution < -0.4 is 0 Å². The summed E-state index contributed by atoms with van der Waals surface area (Å²) in [4.78, 5) is 17.5. The van der Waals surface area contributed by atoms with E-state index >= 15 is 0 Å².